The minimum absolute atomic E-state index is 0.212. The molecule has 18 heavy (non-hydrogen) atoms. The lowest BCUT2D eigenvalue weighted by atomic mass is 10.2. The monoisotopic (exact) mass is 265 g/mol. The summed E-state index contributed by atoms with van der Waals surface area (Å²) in [7, 11) is 3.20. The smallest absolute Gasteiger partial charge is 0.321 e. The number of fused-ring (bicyclic) bond motifs is 1. The van der Waals surface area contributed by atoms with Crippen LogP contribution in [0.5, 0.6) is 0 Å². The van der Waals surface area contributed by atoms with Crippen LogP contribution in [0.3, 0.4) is 0 Å². The summed E-state index contributed by atoms with van der Waals surface area (Å²) in [6.07, 6.45) is 1.46. The molecule has 0 aliphatic carbocycles. The molecule has 2 amide bonds. The van der Waals surface area contributed by atoms with Crippen molar-refractivity contribution in [3.8, 4) is 0 Å². The molecule has 94 valence electrons. The Balaban J connectivity index is 2.49. The molecule has 2 N–H and O–H groups in total. The number of nitrogens with zero attached hydrogens (tertiary/aromatic N) is 1. The van der Waals surface area contributed by atoms with E-state index in [-0.39, 0.29) is 17.1 Å². The molecule has 1 aromatic heterocycles. The van der Waals surface area contributed by atoms with Crippen LogP contribution in [0, 0.1) is 0 Å². The molecule has 0 fully saturated rings. The van der Waals surface area contributed by atoms with E-state index in [2.05, 4.69) is 10.3 Å². The predicted molar refractivity (Wildman–Crippen MR) is 72.3 cm³/mol. The summed E-state index contributed by atoms with van der Waals surface area (Å²) in [5.41, 5.74) is 0.606. The zero-order valence-corrected chi connectivity index (χ0v) is 10.7. The fourth-order valence-electron chi connectivity index (χ4n) is 1.51. The Morgan fingerprint density at radius 3 is 2.78 bits per heavy atom. The van der Waals surface area contributed by atoms with E-state index in [0.29, 0.717) is 15.9 Å². The zero-order valence-electron chi connectivity index (χ0n) is 9.95. The molecule has 0 radical (unpaired) electrons. The van der Waals surface area contributed by atoms with E-state index < -0.39 is 0 Å². The van der Waals surface area contributed by atoms with Gasteiger partial charge < -0.3 is 15.2 Å². The van der Waals surface area contributed by atoms with Crippen LogP contribution in [0.1, 0.15) is 0 Å². The molecule has 2 aromatic rings. The van der Waals surface area contributed by atoms with Crippen LogP contribution in [0.2, 0.25) is 5.02 Å². The summed E-state index contributed by atoms with van der Waals surface area (Å²) >= 11 is 5.84. The van der Waals surface area contributed by atoms with Crippen LogP contribution in [-0.2, 0) is 0 Å². The Morgan fingerprint density at radius 1 is 1.39 bits per heavy atom. The molecule has 6 heteroatoms. The molecule has 1 heterocycles. The number of pyridine rings is 1. The first-order valence-corrected chi connectivity index (χ1v) is 5.66. The van der Waals surface area contributed by atoms with Gasteiger partial charge in [-0.15, -0.1) is 0 Å². The molecule has 1 aromatic carbocycles. The summed E-state index contributed by atoms with van der Waals surface area (Å²) in [6.45, 7) is 0. The van der Waals surface area contributed by atoms with Crippen LogP contribution in [0.15, 0.2) is 29.2 Å². The number of benzene rings is 1. The number of aromatic nitrogens is 1. The van der Waals surface area contributed by atoms with E-state index in [9.17, 15) is 9.59 Å². The number of nitrogens with one attached hydrogen (secondary N) is 2. The van der Waals surface area contributed by atoms with E-state index in [1.165, 1.54) is 11.1 Å². The average Bonchev–Trinajstić information content (AvgIpc) is 2.32. The van der Waals surface area contributed by atoms with Gasteiger partial charge in [-0.3, -0.25) is 4.79 Å². The molecule has 0 atom stereocenters. The lowest BCUT2D eigenvalue weighted by molar-refractivity contribution is 0.230. The number of amides is 2. The van der Waals surface area contributed by atoms with E-state index >= 15 is 0 Å². The molecule has 0 unspecified atom stereocenters. The van der Waals surface area contributed by atoms with Gasteiger partial charge in [0.05, 0.1) is 5.52 Å². The number of hydrogen-bond acceptors (Lipinski definition) is 2. The van der Waals surface area contributed by atoms with Gasteiger partial charge in [0.1, 0.15) is 5.69 Å². The first kappa shape index (κ1) is 12.4. The SMILES string of the molecule is CN(C)C(=O)Nc1c[nH]c2cc(Cl)ccc2c1=O. The number of anilines is 1. The lowest BCUT2D eigenvalue weighted by Crippen LogP contribution is -2.29. The van der Waals surface area contributed by atoms with E-state index in [1.807, 2.05) is 0 Å². The van der Waals surface area contributed by atoms with Gasteiger partial charge in [0.15, 0.2) is 0 Å². The number of halogens is 1. The fourth-order valence-corrected chi connectivity index (χ4v) is 1.69. The quantitative estimate of drug-likeness (QED) is 0.831. The summed E-state index contributed by atoms with van der Waals surface area (Å²) in [5, 5.41) is 3.55. The van der Waals surface area contributed by atoms with Crippen molar-refractivity contribution in [1.82, 2.24) is 9.88 Å². The largest absolute Gasteiger partial charge is 0.359 e. The lowest BCUT2D eigenvalue weighted by Gasteiger charge is -2.11. The Kier molecular flexibility index (Phi) is 3.25. The Hall–Kier alpha value is -2.01. The number of aromatic amines is 1. The average molecular weight is 266 g/mol. The molecular formula is C12H12ClN3O2. The third kappa shape index (κ3) is 2.31. The minimum atomic E-state index is -0.353. The molecule has 0 aliphatic rings. The molecule has 2 rings (SSSR count). The normalized spacial score (nSPS) is 10.4. The molecule has 0 bridgehead atoms. The van der Waals surface area contributed by atoms with Crippen molar-refractivity contribution in [3.05, 3.63) is 39.6 Å². The molecule has 0 saturated heterocycles. The van der Waals surface area contributed by atoms with Crippen molar-refractivity contribution in [1.29, 1.82) is 0 Å². The number of H-pyrrole nitrogens is 1. The molecule has 5 nitrogen and oxygen atoms in total. The number of hydrogen-bond donors (Lipinski definition) is 2. The van der Waals surface area contributed by atoms with Crippen molar-refractivity contribution in [3.63, 3.8) is 0 Å². The van der Waals surface area contributed by atoms with Crippen LogP contribution in [0.4, 0.5) is 10.5 Å². The van der Waals surface area contributed by atoms with Crippen molar-refractivity contribution < 1.29 is 4.79 Å². The highest BCUT2D eigenvalue weighted by Crippen LogP contribution is 2.16. The summed E-state index contributed by atoms with van der Waals surface area (Å²) < 4.78 is 0. The number of urea groups is 1. The third-order valence-electron chi connectivity index (χ3n) is 2.49. The van der Waals surface area contributed by atoms with Gasteiger partial charge >= 0.3 is 6.03 Å². The maximum atomic E-state index is 12.1. The molecule has 0 aliphatic heterocycles. The first-order chi connectivity index (χ1) is 8.49. The second kappa shape index (κ2) is 4.70. The fraction of sp³-hybridized carbons (Fsp3) is 0.167. The van der Waals surface area contributed by atoms with Gasteiger partial charge in [0, 0.05) is 30.7 Å². The number of rotatable bonds is 1. The van der Waals surface area contributed by atoms with E-state index in [0.717, 1.165) is 0 Å². The van der Waals surface area contributed by atoms with Crippen molar-refractivity contribution >= 4 is 34.2 Å². The summed E-state index contributed by atoms with van der Waals surface area (Å²) in [4.78, 5) is 27.9. The summed E-state index contributed by atoms with van der Waals surface area (Å²) in [6, 6.07) is 4.57. The second-order valence-corrected chi connectivity index (χ2v) is 4.48. The van der Waals surface area contributed by atoms with Crippen LogP contribution >= 0.6 is 11.6 Å². The van der Waals surface area contributed by atoms with Crippen LogP contribution in [0.25, 0.3) is 10.9 Å². The van der Waals surface area contributed by atoms with Gasteiger partial charge in [0.25, 0.3) is 0 Å². The maximum Gasteiger partial charge on any atom is 0.321 e. The van der Waals surface area contributed by atoms with Crippen molar-refractivity contribution in [2.24, 2.45) is 0 Å². The van der Waals surface area contributed by atoms with Gasteiger partial charge in [-0.25, -0.2) is 4.79 Å². The van der Waals surface area contributed by atoms with E-state index in [1.54, 1.807) is 32.3 Å². The minimum Gasteiger partial charge on any atom is -0.359 e. The first-order valence-electron chi connectivity index (χ1n) is 5.28. The predicted octanol–water partition coefficient (Wildman–Crippen LogP) is 2.28. The van der Waals surface area contributed by atoms with Gasteiger partial charge in [-0.2, -0.15) is 0 Å². The van der Waals surface area contributed by atoms with Crippen molar-refractivity contribution in [2.75, 3.05) is 19.4 Å². The van der Waals surface area contributed by atoms with Crippen LogP contribution in [-0.4, -0.2) is 30.0 Å². The molecule has 0 spiro atoms. The second-order valence-electron chi connectivity index (χ2n) is 4.05. The maximum absolute atomic E-state index is 12.1. The Labute approximate surface area is 108 Å². The van der Waals surface area contributed by atoms with Gasteiger partial charge in [-0.1, -0.05) is 11.6 Å². The highest BCUT2D eigenvalue weighted by molar-refractivity contribution is 6.31. The van der Waals surface area contributed by atoms with Crippen LogP contribution < -0.4 is 10.7 Å². The van der Waals surface area contributed by atoms with Crippen molar-refractivity contribution in [2.45, 2.75) is 0 Å². The van der Waals surface area contributed by atoms with Gasteiger partial charge in [0.2, 0.25) is 5.43 Å². The molecule has 0 saturated carbocycles. The standard InChI is InChI=1S/C12H12ClN3O2/c1-16(2)12(18)15-10-6-14-9-5-7(13)3-4-8(9)11(10)17/h3-6H,1-2H3,(H,14,17)(H,15,18). The molecular weight excluding hydrogens is 254 g/mol. The van der Waals surface area contributed by atoms with Gasteiger partial charge in [-0.05, 0) is 18.2 Å². The topological polar surface area (TPSA) is 65.2 Å². The number of carbonyl (C=O) groups excluding carboxylic acids is 1. The summed E-state index contributed by atoms with van der Waals surface area (Å²) in [5.74, 6) is 0. The number of carbonyl (C=O) groups is 1. The van der Waals surface area contributed by atoms with E-state index in [4.69, 9.17) is 11.6 Å². The Morgan fingerprint density at radius 2 is 2.11 bits per heavy atom. The highest BCUT2D eigenvalue weighted by Gasteiger charge is 2.09. The highest BCUT2D eigenvalue weighted by atomic mass is 35.5. The Bertz CT molecular complexity index is 664. The third-order valence-corrected chi connectivity index (χ3v) is 2.73. The zero-order chi connectivity index (χ0) is 13.3.